The lowest BCUT2D eigenvalue weighted by Gasteiger charge is -2.15. The van der Waals surface area contributed by atoms with Crippen molar-refractivity contribution in [1.29, 1.82) is 0 Å². The number of benzene rings is 1. The zero-order valence-corrected chi connectivity index (χ0v) is 19.1. The minimum absolute atomic E-state index is 0. The number of rotatable bonds is 8. The summed E-state index contributed by atoms with van der Waals surface area (Å²) in [6.45, 7) is 1.32. The standard InChI is InChI=1S/C19H23F3N4O3.HI/c1-4-28-15-6-5-14(10-16(15)27-3)26-18(23-2)25-11-13-7-8-24-17(9-13)29-12-19(20,21)22;/h5-10H,4,11-12H2,1-3H3,(H2,23,25,26);1H. The van der Waals surface area contributed by atoms with E-state index < -0.39 is 12.8 Å². The number of aromatic nitrogens is 1. The molecule has 166 valence electrons. The highest BCUT2D eigenvalue weighted by Gasteiger charge is 2.28. The molecule has 2 aromatic rings. The minimum Gasteiger partial charge on any atom is -0.493 e. The zero-order valence-electron chi connectivity index (χ0n) is 16.7. The molecule has 11 heteroatoms. The molecule has 1 heterocycles. The summed E-state index contributed by atoms with van der Waals surface area (Å²) < 4.78 is 52.3. The second-order valence-electron chi connectivity index (χ2n) is 5.76. The number of pyridine rings is 1. The van der Waals surface area contributed by atoms with Gasteiger partial charge in [-0.15, -0.1) is 24.0 Å². The molecule has 0 saturated heterocycles. The van der Waals surface area contributed by atoms with Gasteiger partial charge in [0, 0.05) is 37.6 Å². The van der Waals surface area contributed by atoms with Crippen LogP contribution in [0.3, 0.4) is 0 Å². The number of nitrogens with zero attached hydrogens (tertiary/aromatic N) is 2. The van der Waals surface area contributed by atoms with Crippen molar-refractivity contribution in [3.63, 3.8) is 0 Å². The molecule has 2 N–H and O–H groups in total. The van der Waals surface area contributed by atoms with Crippen LogP contribution < -0.4 is 24.8 Å². The third kappa shape index (κ3) is 8.51. The molecule has 7 nitrogen and oxygen atoms in total. The number of ether oxygens (including phenoxy) is 3. The Balaban J connectivity index is 0.00000450. The molecule has 0 aliphatic rings. The molecule has 0 radical (unpaired) electrons. The van der Waals surface area contributed by atoms with Crippen molar-refractivity contribution in [2.75, 3.05) is 32.7 Å². The van der Waals surface area contributed by atoms with E-state index in [4.69, 9.17) is 9.47 Å². The summed E-state index contributed by atoms with van der Waals surface area (Å²) in [7, 11) is 3.15. The molecule has 2 rings (SSSR count). The van der Waals surface area contributed by atoms with Gasteiger partial charge >= 0.3 is 6.18 Å². The Morgan fingerprint density at radius 1 is 1.13 bits per heavy atom. The van der Waals surface area contributed by atoms with Crippen molar-refractivity contribution < 1.29 is 27.4 Å². The first-order valence-electron chi connectivity index (χ1n) is 8.77. The first-order chi connectivity index (χ1) is 13.8. The highest BCUT2D eigenvalue weighted by molar-refractivity contribution is 14.0. The lowest BCUT2D eigenvalue weighted by molar-refractivity contribution is -0.154. The molecule has 0 aliphatic heterocycles. The van der Waals surface area contributed by atoms with E-state index in [2.05, 4.69) is 25.3 Å². The van der Waals surface area contributed by atoms with Gasteiger partial charge in [0.1, 0.15) is 0 Å². The van der Waals surface area contributed by atoms with Crippen LogP contribution in [-0.2, 0) is 6.54 Å². The quantitative estimate of drug-likeness (QED) is 0.297. The van der Waals surface area contributed by atoms with Gasteiger partial charge in [-0.25, -0.2) is 4.98 Å². The Kier molecular flexibility index (Phi) is 10.5. The van der Waals surface area contributed by atoms with E-state index in [0.717, 1.165) is 5.69 Å². The van der Waals surface area contributed by atoms with Gasteiger partial charge in [-0.2, -0.15) is 13.2 Å². The molecule has 0 spiro atoms. The molecule has 0 fully saturated rings. The number of anilines is 1. The van der Waals surface area contributed by atoms with Crippen molar-refractivity contribution in [1.82, 2.24) is 10.3 Å². The minimum atomic E-state index is -4.42. The Morgan fingerprint density at radius 3 is 2.53 bits per heavy atom. The molecule has 0 saturated carbocycles. The van der Waals surface area contributed by atoms with Gasteiger partial charge in [0.05, 0.1) is 13.7 Å². The molecule has 0 atom stereocenters. The van der Waals surface area contributed by atoms with Crippen LogP contribution in [0.2, 0.25) is 0 Å². The summed E-state index contributed by atoms with van der Waals surface area (Å²) in [5, 5.41) is 6.18. The average Bonchev–Trinajstić information content (AvgIpc) is 2.70. The highest BCUT2D eigenvalue weighted by atomic mass is 127. The van der Waals surface area contributed by atoms with E-state index in [1.165, 1.54) is 12.3 Å². The predicted molar refractivity (Wildman–Crippen MR) is 119 cm³/mol. The first-order valence-corrected chi connectivity index (χ1v) is 8.77. The van der Waals surface area contributed by atoms with Crippen molar-refractivity contribution in [2.24, 2.45) is 4.99 Å². The van der Waals surface area contributed by atoms with Crippen LogP contribution in [0.4, 0.5) is 18.9 Å². The lowest BCUT2D eigenvalue weighted by Crippen LogP contribution is -2.30. The summed E-state index contributed by atoms with van der Waals surface area (Å²) in [5.74, 6) is 1.58. The highest BCUT2D eigenvalue weighted by Crippen LogP contribution is 2.30. The zero-order chi connectivity index (χ0) is 21.3. The Hall–Kier alpha value is -2.44. The smallest absolute Gasteiger partial charge is 0.422 e. The van der Waals surface area contributed by atoms with Gasteiger partial charge in [0.15, 0.2) is 24.1 Å². The summed E-state index contributed by atoms with van der Waals surface area (Å²) in [4.78, 5) is 7.91. The fourth-order valence-corrected chi connectivity index (χ4v) is 2.32. The topological polar surface area (TPSA) is 77.0 Å². The van der Waals surface area contributed by atoms with E-state index in [0.29, 0.717) is 36.2 Å². The number of alkyl halides is 3. The summed E-state index contributed by atoms with van der Waals surface area (Å²) in [5.41, 5.74) is 1.41. The Labute approximate surface area is 190 Å². The third-order valence-electron chi connectivity index (χ3n) is 3.59. The van der Waals surface area contributed by atoms with Gasteiger partial charge in [-0.05, 0) is 30.7 Å². The van der Waals surface area contributed by atoms with Gasteiger partial charge in [-0.1, -0.05) is 0 Å². The van der Waals surface area contributed by atoms with Crippen molar-refractivity contribution in [3.8, 4) is 17.4 Å². The van der Waals surface area contributed by atoms with Crippen molar-refractivity contribution >= 4 is 35.6 Å². The predicted octanol–water partition coefficient (Wildman–Crippen LogP) is 4.24. The molecular formula is C19H24F3IN4O3. The second-order valence-corrected chi connectivity index (χ2v) is 5.76. The third-order valence-corrected chi connectivity index (χ3v) is 3.59. The van der Waals surface area contributed by atoms with E-state index in [1.54, 1.807) is 32.4 Å². The summed E-state index contributed by atoms with van der Waals surface area (Å²) in [6.07, 6.45) is -3.03. The number of hydrogen-bond acceptors (Lipinski definition) is 5. The van der Waals surface area contributed by atoms with Gasteiger partial charge in [0.25, 0.3) is 0 Å². The van der Waals surface area contributed by atoms with Crippen LogP contribution >= 0.6 is 24.0 Å². The van der Waals surface area contributed by atoms with E-state index in [9.17, 15) is 13.2 Å². The van der Waals surface area contributed by atoms with Crippen molar-refractivity contribution in [2.45, 2.75) is 19.6 Å². The van der Waals surface area contributed by atoms with Gasteiger partial charge < -0.3 is 24.8 Å². The van der Waals surface area contributed by atoms with Crippen LogP contribution in [0, 0.1) is 0 Å². The molecular weight excluding hydrogens is 516 g/mol. The molecule has 0 bridgehead atoms. The van der Waals surface area contributed by atoms with E-state index in [1.807, 2.05) is 13.0 Å². The second kappa shape index (κ2) is 12.3. The number of nitrogens with one attached hydrogen (secondary N) is 2. The maximum absolute atomic E-state index is 12.3. The number of guanidine groups is 1. The molecule has 0 aliphatic carbocycles. The van der Waals surface area contributed by atoms with Gasteiger partial charge in [-0.3, -0.25) is 4.99 Å². The fraction of sp³-hybridized carbons (Fsp3) is 0.368. The van der Waals surface area contributed by atoms with E-state index in [-0.39, 0.29) is 29.9 Å². The SMILES string of the molecule is CCOc1ccc(NC(=NC)NCc2ccnc(OCC(F)(F)F)c2)cc1OC.I. The number of aliphatic imine (C=N–C) groups is 1. The molecule has 1 aromatic heterocycles. The maximum atomic E-state index is 12.3. The van der Waals surface area contributed by atoms with Crippen LogP contribution in [0.1, 0.15) is 12.5 Å². The Bertz CT molecular complexity index is 835. The van der Waals surface area contributed by atoms with Crippen LogP contribution in [0.15, 0.2) is 41.5 Å². The first kappa shape index (κ1) is 25.6. The van der Waals surface area contributed by atoms with Crippen LogP contribution in [-0.4, -0.2) is 44.5 Å². The van der Waals surface area contributed by atoms with Gasteiger partial charge in [0.2, 0.25) is 5.88 Å². The molecule has 1 aromatic carbocycles. The monoisotopic (exact) mass is 540 g/mol. The lowest BCUT2D eigenvalue weighted by atomic mass is 10.2. The fourth-order valence-electron chi connectivity index (χ4n) is 2.32. The van der Waals surface area contributed by atoms with Crippen LogP contribution in [0.5, 0.6) is 17.4 Å². The molecule has 0 unspecified atom stereocenters. The normalized spacial score (nSPS) is 11.3. The average molecular weight is 540 g/mol. The molecule has 30 heavy (non-hydrogen) atoms. The maximum Gasteiger partial charge on any atom is 0.422 e. The molecule has 0 amide bonds. The summed E-state index contributed by atoms with van der Waals surface area (Å²) >= 11 is 0. The van der Waals surface area contributed by atoms with Crippen LogP contribution in [0.25, 0.3) is 0 Å². The van der Waals surface area contributed by atoms with E-state index >= 15 is 0 Å². The Morgan fingerprint density at radius 2 is 1.90 bits per heavy atom. The number of methoxy groups -OCH3 is 1. The number of hydrogen-bond donors (Lipinski definition) is 2. The summed E-state index contributed by atoms with van der Waals surface area (Å²) in [6, 6.07) is 8.47. The largest absolute Gasteiger partial charge is 0.493 e. The van der Waals surface area contributed by atoms with Crippen molar-refractivity contribution in [3.05, 3.63) is 42.1 Å². The number of halogens is 4.